The van der Waals surface area contributed by atoms with E-state index in [2.05, 4.69) is 36.1 Å². The average molecular weight is 556 g/mol. The smallest absolute Gasteiger partial charge is 0.270 e. The lowest BCUT2D eigenvalue weighted by molar-refractivity contribution is -0.384. The number of imidazole rings is 1. The molecule has 0 saturated carbocycles. The van der Waals surface area contributed by atoms with E-state index in [9.17, 15) is 10.1 Å². The minimum absolute atomic E-state index is 0.0679. The molecule has 2 heterocycles. The van der Waals surface area contributed by atoms with Crippen LogP contribution in [0.25, 0.3) is 17.1 Å². The van der Waals surface area contributed by atoms with Crippen LogP contribution in [0.2, 0.25) is 0 Å². The molecule has 0 amide bonds. The summed E-state index contributed by atoms with van der Waals surface area (Å²) in [5.41, 5.74) is 3.63. The highest BCUT2D eigenvalue weighted by Gasteiger charge is 2.41. The highest BCUT2D eigenvalue weighted by molar-refractivity contribution is 5.70. The molecule has 0 unspecified atom stereocenters. The number of nitrogens with zero attached hydrogens (tertiary/aromatic N) is 7. The largest absolute Gasteiger partial charge is 0.305 e. The highest BCUT2D eigenvalue weighted by atomic mass is 16.6. The average Bonchev–Trinajstić information content (AvgIpc) is 3.70. The van der Waals surface area contributed by atoms with Gasteiger partial charge in [-0.25, -0.2) is 4.98 Å². The van der Waals surface area contributed by atoms with Gasteiger partial charge in [0.05, 0.1) is 28.2 Å². The Bertz CT molecular complexity index is 1740. The van der Waals surface area contributed by atoms with Crippen LogP contribution in [0.4, 0.5) is 5.69 Å². The summed E-state index contributed by atoms with van der Waals surface area (Å²) >= 11 is 0. The van der Waals surface area contributed by atoms with E-state index in [0.717, 1.165) is 22.4 Å². The number of hydrogen-bond donors (Lipinski definition) is 0. The SMILES string of the molecule is CC(C)(C)c1cn(-c2ccc([N+](=O)[O-])cc2-c2nnn(C(c3ccccc3)(c3ccccc3)c3ccccc3)n2)cn1. The third-order valence-corrected chi connectivity index (χ3v) is 7.35. The minimum atomic E-state index is -0.968. The molecule has 9 nitrogen and oxygen atoms in total. The van der Waals surface area contributed by atoms with Crippen molar-refractivity contribution < 1.29 is 4.92 Å². The first-order valence-electron chi connectivity index (χ1n) is 13.6. The van der Waals surface area contributed by atoms with E-state index in [1.165, 1.54) is 12.1 Å². The summed E-state index contributed by atoms with van der Waals surface area (Å²) in [6.45, 7) is 6.25. The number of tetrazole rings is 1. The second-order valence-electron chi connectivity index (χ2n) is 11.1. The van der Waals surface area contributed by atoms with Crippen LogP contribution in [-0.4, -0.2) is 34.7 Å². The third kappa shape index (κ3) is 4.64. The second kappa shape index (κ2) is 10.5. The predicted octanol–water partition coefficient (Wildman–Crippen LogP) is 6.57. The Kier molecular flexibility index (Phi) is 6.70. The van der Waals surface area contributed by atoms with Crippen LogP contribution in [0, 0.1) is 10.1 Å². The number of benzene rings is 4. The van der Waals surface area contributed by atoms with Crippen molar-refractivity contribution in [1.82, 2.24) is 29.8 Å². The normalized spacial score (nSPS) is 11.9. The first-order chi connectivity index (χ1) is 20.3. The predicted molar refractivity (Wildman–Crippen MR) is 160 cm³/mol. The Morgan fingerprint density at radius 3 is 1.79 bits per heavy atom. The molecule has 0 fully saturated rings. The van der Waals surface area contributed by atoms with Crippen LogP contribution in [0.5, 0.6) is 0 Å². The molecule has 9 heteroatoms. The van der Waals surface area contributed by atoms with E-state index >= 15 is 0 Å². The van der Waals surface area contributed by atoms with E-state index in [4.69, 9.17) is 5.10 Å². The molecule has 6 aromatic rings. The fourth-order valence-corrected chi connectivity index (χ4v) is 5.23. The molecule has 0 saturated heterocycles. The third-order valence-electron chi connectivity index (χ3n) is 7.35. The number of aromatic nitrogens is 6. The van der Waals surface area contributed by atoms with Crippen molar-refractivity contribution in [2.75, 3.05) is 0 Å². The van der Waals surface area contributed by atoms with Gasteiger partial charge < -0.3 is 4.57 Å². The van der Waals surface area contributed by atoms with Gasteiger partial charge in [0.15, 0.2) is 5.54 Å². The molecule has 0 bridgehead atoms. The van der Waals surface area contributed by atoms with Crippen LogP contribution < -0.4 is 0 Å². The topological polar surface area (TPSA) is 105 Å². The molecular formula is C33H29N7O2. The first-order valence-corrected chi connectivity index (χ1v) is 13.6. The molecule has 0 aliphatic heterocycles. The molecule has 42 heavy (non-hydrogen) atoms. The van der Waals surface area contributed by atoms with Crippen molar-refractivity contribution >= 4 is 5.69 Å². The van der Waals surface area contributed by atoms with Crippen LogP contribution in [0.15, 0.2) is 122 Å². The van der Waals surface area contributed by atoms with Crippen molar-refractivity contribution in [1.29, 1.82) is 0 Å². The van der Waals surface area contributed by atoms with Crippen molar-refractivity contribution in [2.24, 2.45) is 0 Å². The standard InChI is InChI=1S/C33H29N7O2/c1-32(2,3)30-22-38(23-34-30)29-20-19-27(39(41)42)21-28(29)31-35-37-40(36-31)33(24-13-7-4-8-14-24,25-15-9-5-10-16-25)26-17-11-6-12-18-26/h4-23H,1-3H3. The lowest BCUT2D eigenvalue weighted by atomic mass is 9.77. The van der Waals surface area contributed by atoms with E-state index < -0.39 is 10.5 Å². The lowest BCUT2D eigenvalue weighted by Gasteiger charge is -2.34. The highest BCUT2D eigenvalue weighted by Crippen LogP contribution is 2.40. The molecular weight excluding hydrogens is 526 g/mol. The van der Waals surface area contributed by atoms with Gasteiger partial charge in [-0.3, -0.25) is 10.1 Å². The molecule has 0 aliphatic rings. The maximum Gasteiger partial charge on any atom is 0.270 e. The van der Waals surface area contributed by atoms with Gasteiger partial charge in [0.25, 0.3) is 5.69 Å². The molecule has 6 rings (SSSR count). The molecule has 0 spiro atoms. The summed E-state index contributed by atoms with van der Waals surface area (Å²) in [7, 11) is 0. The number of hydrogen-bond acceptors (Lipinski definition) is 6. The number of nitro benzene ring substituents is 1. The zero-order chi connectivity index (χ0) is 29.3. The van der Waals surface area contributed by atoms with Gasteiger partial charge in [0.1, 0.15) is 0 Å². The summed E-state index contributed by atoms with van der Waals surface area (Å²) in [5, 5.41) is 25.9. The maximum atomic E-state index is 11.8. The Balaban J connectivity index is 1.60. The van der Waals surface area contributed by atoms with Crippen LogP contribution in [0.3, 0.4) is 0 Å². The van der Waals surface area contributed by atoms with Gasteiger partial charge in [0.2, 0.25) is 5.82 Å². The van der Waals surface area contributed by atoms with Gasteiger partial charge in [-0.05, 0) is 28.0 Å². The Labute approximate surface area is 243 Å². The summed E-state index contributed by atoms with van der Waals surface area (Å²) < 4.78 is 1.85. The van der Waals surface area contributed by atoms with E-state index in [-0.39, 0.29) is 16.9 Å². The summed E-state index contributed by atoms with van der Waals surface area (Å²) in [5.74, 6) is 0.256. The number of rotatable bonds is 7. The van der Waals surface area contributed by atoms with Crippen molar-refractivity contribution in [3.8, 4) is 17.1 Å². The van der Waals surface area contributed by atoms with E-state index in [1.807, 2.05) is 102 Å². The minimum Gasteiger partial charge on any atom is -0.305 e. The lowest BCUT2D eigenvalue weighted by Crippen LogP contribution is -2.39. The number of nitro groups is 1. The van der Waals surface area contributed by atoms with E-state index in [1.54, 1.807) is 17.2 Å². The van der Waals surface area contributed by atoms with Crippen LogP contribution >= 0.6 is 0 Å². The summed E-state index contributed by atoms with van der Waals surface area (Å²) in [6.07, 6.45) is 3.63. The van der Waals surface area contributed by atoms with Gasteiger partial charge in [-0.2, -0.15) is 0 Å². The monoisotopic (exact) mass is 555 g/mol. The Morgan fingerprint density at radius 1 is 0.762 bits per heavy atom. The van der Waals surface area contributed by atoms with E-state index in [0.29, 0.717) is 11.3 Å². The van der Waals surface area contributed by atoms with Gasteiger partial charge in [0, 0.05) is 23.7 Å². The van der Waals surface area contributed by atoms with Crippen molar-refractivity contribution in [3.63, 3.8) is 0 Å². The van der Waals surface area contributed by atoms with Crippen molar-refractivity contribution in [3.05, 3.63) is 154 Å². The number of non-ortho nitro benzene ring substituents is 1. The molecule has 0 atom stereocenters. The van der Waals surface area contributed by atoms with Crippen LogP contribution in [0.1, 0.15) is 43.2 Å². The first kappa shape index (κ1) is 26.8. The fraction of sp³-hybridized carbons (Fsp3) is 0.152. The quantitative estimate of drug-likeness (QED) is 0.125. The summed E-state index contributed by atoms with van der Waals surface area (Å²) in [4.78, 5) is 17.6. The fourth-order valence-electron chi connectivity index (χ4n) is 5.23. The van der Waals surface area contributed by atoms with Gasteiger partial charge in [-0.15, -0.1) is 15.0 Å². The molecule has 0 N–H and O–H groups in total. The summed E-state index contributed by atoms with van der Waals surface area (Å²) in [6, 6.07) is 34.7. The molecule has 4 aromatic carbocycles. The molecule has 0 radical (unpaired) electrons. The molecule has 2 aromatic heterocycles. The van der Waals surface area contributed by atoms with Crippen LogP contribution in [-0.2, 0) is 11.0 Å². The zero-order valence-corrected chi connectivity index (χ0v) is 23.5. The molecule has 208 valence electrons. The van der Waals surface area contributed by atoms with Crippen molar-refractivity contribution in [2.45, 2.75) is 31.7 Å². The van der Waals surface area contributed by atoms with Gasteiger partial charge >= 0.3 is 0 Å². The maximum absolute atomic E-state index is 11.8. The van der Waals surface area contributed by atoms with Gasteiger partial charge in [-0.1, -0.05) is 112 Å². The molecule has 0 aliphatic carbocycles. The zero-order valence-electron chi connectivity index (χ0n) is 23.5. The second-order valence-corrected chi connectivity index (χ2v) is 11.1. The Morgan fingerprint density at radius 2 is 1.31 bits per heavy atom. The Hall–Kier alpha value is -5.44.